The number of nitrogens with two attached hydrogens (primary N) is 1. The third-order valence-corrected chi connectivity index (χ3v) is 4.55. The van der Waals surface area contributed by atoms with Crippen LogP contribution in [-0.4, -0.2) is 47.8 Å². The monoisotopic (exact) mass is 347 g/mol. The van der Waals surface area contributed by atoms with Gasteiger partial charge in [-0.25, -0.2) is 14.6 Å². The van der Waals surface area contributed by atoms with E-state index in [2.05, 4.69) is 29.9 Å². The molecule has 0 spiro atoms. The van der Waals surface area contributed by atoms with Crippen molar-refractivity contribution >= 4 is 22.9 Å². The van der Waals surface area contributed by atoms with E-state index >= 15 is 0 Å². The summed E-state index contributed by atoms with van der Waals surface area (Å²) in [6.07, 6.45) is 2.39. The largest absolute Gasteiger partial charge is 0.368 e. The van der Waals surface area contributed by atoms with E-state index < -0.39 is 0 Å². The number of nitrogens with zero attached hydrogens (tertiary/aromatic N) is 7. The highest BCUT2D eigenvalue weighted by molar-refractivity contribution is 5.84. The van der Waals surface area contributed by atoms with Crippen LogP contribution < -0.4 is 10.6 Å². The van der Waals surface area contributed by atoms with Gasteiger partial charge in [0.25, 0.3) is 0 Å². The van der Waals surface area contributed by atoms with Crippen LogP contribution in [0.2, 0.25) is 0 Å². The summed E-state index contributed by atoms with van der Waals surface area (Å²) in [7, 11) is 0. The van der Waals surface area contributed by atoms with Crippen LogP contribution in [0.4, 0.5) is 11.8 Å². The van der Waals surface area contributed by atoms with Gasteiger partial charge in [0.05, 0.1) is 12.9 Å². The number of hydrogen-bond donors (Lipinski definition) is 2. The highest BCUT2D eigenvalue weighted by atomic mass is 15.4. The first-order valence-corrected chi connectivity index (χ1v) is 8.48. The van der Waals surface area contributed by atoms with Crippen LogP contribution in [0.5, 0.6) is 0 Å². The van der Waals surface area contributed by atoms with Crippen molar-refractivity contribution in [2.75, 3.05) is 23.7 Å². The van der Waals surface area contributed by atoms with Crippen LogP contribution in [0.15, 0.2) is 36.7 Å². The number of nitrogen functional groups attached to an aromatic ring is 1. The summed E-state index contributed by atoms with van der Waals surface area (Å²) in [6, 6.07) is 10.0. The van der Waals surface area contributed by atoms with Gasteiger partial charge in [-0.15, -0.1) is 0 Å². The Morgan fingerprint density at radius 1 is 1.00 bits per heavy atom. The fraction of sp³-hybridized carbons (Fsp3) is 0.235. The van der Waals surface area contributed by atoms with Gasteiger partial charge in [-0.2, -0.15) is 15.1 Å². The second kappa shape index (κ2) is 5.80. The molecule has 9 nitrogen and oxygen atoms in total. The zero-order valence-corrected chi connectivity index (χ0v) is 14.0. The van der Waals surface area contributed by atoms with Crippen LogP contribution >= 0.6 is 0 Å². The third kappa shape index (κ3) is 2.44. The maximum Gasteiger partial charge on any atom is 0.224 e. The summed E-state index contributed by atoms with van der Waals surface area (Å²) >= 11 is 0. The number of nitrogens with one attached hydrogen (secondary N) is 1. The molecule has 0 saturated heterocycles. The molecule has 0 bridgehead atoms. The number of aromatic nitrogens is 7. The SMILES string of the molecule is Nc1nc(N2CCc3nc(-c4ccccc4)nn3CC2)c2[nH]cnc2n1. The highest BCUT2D eigenvalue weighted by Crippen LogP contribution is 2.24. The molecule has 0 saturated carbocycles. The van der Waals surface area contributed by atoms with Crippen molar-refractivity contribution in [3.8, 4) is 11.4 Å². The van der Waals surface area contributed by atoms with Gasteiger partial charge in [0.1, 0.15) is 11.3 Å². The Hall–Kier alpha value is -3.49. The number of aromatic amines is 1. The molecular weight excluding hydrogens is 330 g/mol. The van der Waals surface area contributed by atoms with Crippen molar-refractivity contribution in [2.45, 2.75) is 13.0 Å². The first kappa shape index (κ1) is 14.8. The van der Waals surface area contributed by atoms with Crippen LogP contribution in [0.25, 0.3) is 22.6 Å². The Morgan fingerprint density at radius 3 is 2.77 bits per heavy atom. The Kier molecular flexibility index (Phi) is 3.30. The number of imidazole rings is 1. The van der Waals surface area contributed by atoms with Gasteiger partial charge in [0.2, 0.25) is 5.95 Å². The van der Waals surface area contributed by atoms with Crippen molar-refractivity contribution in [3.63, 3.8) is 0 Å². The molecule has 0 fully saturated rings. The number of fused-ring (bicyclic) bond motifs is 2. The molecule has 26 heavy (non-hydrogen) atoms. The van der Waals surface area contributed by atoms with Crippen LogP contribution in [0.3, 0.4) is 0 Å². The van der Waals surface area contributed by atoms with Crippen molar-refractivity contribution in [1.82, 2.24) is 34.7 Å². The second-order valence-electron chi connectivity index (χ2n) is 6.18. The molecule has 4 aromatic rings. The van der Waals surface area contributed by atoms with Crippen molar-refractivity contribution in [1.29, 1.82) is 0 Å². The topological polar surface area (TPSA) is 114 Å². The molecular formula is C17H17N9. The molecule has 0 radical (unpaired) electrons. The van der Waals surface area contributed by atoms with Crippen LogP contribution in [0.1, 0.15) is 5.82 Å². The predicted molar refractivity (Wildman–Crippen MR) is 97.5 cm³/mol. The molecule has 4 heterocycles. The average Bonchev–Trinajstić information content (AvgIpc) is 3.24. The van der Waals surface area contributed by atoms with Gasteiger partial charge < -0.3 is 15.6 Å². The number of rotatable bonds is 2. The smallest absolute Gasteiger partial charge is 0.224 e. The molecule has 0 aliphatic carbocycles. The summed E-state index contributed by atoms with van der Waals surface area (Å²) in [6.45, 7) is 2.27. The average molecular weight is 347 g/mol. The molecule has 130 valence electrons. The van der Waals surface area contributed by atoms with E-state index in [1.807, 2.05) is 35.0 Å². The van der Waals surface area contributed by atoms with E-state index in [0.29, 0.717) is 5.65 Å². The molecule has 0 unspecified atom stereocenters. The van der Waals surface area contributed by atoms with E-state index in [-0.39, 0.29) is 5.95 Å². The van der Waals surface area contributed by atoms with Gasteiger partial charge in [-0.3, -0.25) is 0 Å². The lowest BCUT2D eigenvalue weighted by Crippen LogP contribution is -2.28. The zero-order chi connectivity index (χ0) is 17.5. The lowest BCUT2D eigenvalue weighted by Gasteiger charge is -2.21. The number of hydrogen-bond acceptors (Lipinski definition) is 7. The van der Waals surface area contributed by atoms with Gasteiger partial charge in [0, 0.05) is 25.1 Å². The van der Waals surface area contributed by atoms with Crippen molar-refractivity contribution < 1.29 is 0 Å². The molecule has 5 rings (SSSR count). The maximum absolute atomic E-state index is 5.85. The van der Waals surface area contributed by atoms with E-state index in [0.717, 1.165) is 54.6 Å². The van der Waals surface area contributed by atoms with Crippen molar-refractivity contribution in [3.05, 3.63) is 42.5 Å². The summed E-state index contributed by atoms with van der Waals surface area (Å²) in [5, 5.41) is 4.68. The first-order chi connectivity index (χ1) is 12.8. The summed E-state index contributed by atoms with van der Waals surface area (Å²) in [5.74, 6) is 2.76. The molecule has 0 amide bonds. The quantitative estimate of drug-likeness (QED) is 0.561. The maximum atomic E-state index is 5.85. The van der Waals surface area contributed by atoms with Crippen molar-refractivity contribution in [2.24, 2.45) is 0 Å². The zero-order valence-electron chi connectivity index (χ0n) is 14.0. The van der Waals surface area contributed by atoms with E-state index in [4.69, 9.17) is 10.7 Å². The highest BCUT2D eigenvalue weighted by Gasteiger charge is 2.21. The Labute approximate surface area is 148 Å². The van der Waals surface area contributed by atoms with Crippen LogP contribution in [0, 0.1) is 0 Å². The van der Waals surface area contributed by atoms with E-state index in [1.54, 1.807) is 6.33 Å². The minimum absolute atomic E-state index is 0.228. The van der Waals surface area contributed by atoms with Gasteiger partial charge in [-0.1, -0.05) is 30.3 Å². The Bertz CT molecular complexity index is 1040. The number of anilines is 2. The molecule has 1 aliphatic rings. The lowest BCUT2D eigenvalue weighted by molar-refractivity contribution is 0.610. The molecule has 3 aromatic heterocycles. The molecule has 1 aliphatic heterocycles. The minimum atomic E-state index is 0.228. The second-order valence-corrected chi connectivity index (χ2v) is 6.18. The molecule has 3 N–H and O–H groups in total. The van der Waals surface area contributed by atoms with E-state index in [9.17, 15) is 0 Å². The standard InChI is InChI=1S/C17H17N9/c18-17-22-15-13(19-10-20-15)16(23-17)25-7-6-12-21-14(24-26(12)9-8-25)11-4-2-1-3-5-11/h1-5,10H,6-9H2,(H3,18,19,20,22,23). The Morgan fingerprint density at radius 2 is 1.88 bits per heavy atom. The lowest BCUT2D eigenvalue weighted by atomic mass is 10.2. The number of benzene rings is 1. The Balaban J connectivity index is 1.44. The molecule has 1 aromatic carbocycles. The summed E-state index contributed by atoms with van der Waals surface area (Å²) < 4.78 is 1.98. The van der Waals surface area contributed by atoms with E-state index in [1.165, 1.54) is 0 Å². The minimum Gasteiger partial charge on any atom is -0.368 e. The van der Waals surface area contributed by atoms with Gasteiger partial charge >= 0.3 is 0 Å². The fourth-order valence-corrected chi connectivity index (χ4v) is 3.29. The normalized spacial score (nSPS) is 14.4. The number of H-pyrrole nitrogens is 1. The summed E-state index contributed by atoms with van der Waals surface area (Å²) in [5.41, 5.74) is 8.27. The van der Waals surface area contributed by atoms with Crippen LogP contribution in [-0.2, 0) is 13.0 Å². The van der Waals surface area contributed by atoms with Gasteiger partial charge in [0.15, 0.2) is 17.3 Å². The first-order valence-electron chi connectivity index (χ1n) is 8.48. The third-order valence-electron chi connectivity index (χ3n) is 4.55. The fourth-order valence-electron chi connectivity index (χ4n) is 3.29. The summed E-state index contributed by atoms with van der Waals surface area (Å²) in [4.78, 5) is 22.8. The van der Waals surface area contributed by atoms with Gasteiger partial charge in [-0.05, 0) is 0 Å². The molecule has 9 heteroatoms. The predicted octanol–water partition coefficient (Wildman–Crippen LogP) is 1.26. The molecule has 0 atom stereocenters.